The number of hydrogen-bond acceptors (Lipinski definition) is 5. The summed E-state index contributed by atoms with van der Waals surface area (Å²) in [6, 6.07) is 11.0. The highest BCUT2D eigenvalue weighted by atomic mass is 79.9. The third-order valence-corrected chi connectivity index (χ3v) is 6.31. The van der Waals surface area contributed by atoms with Crippen LogP contribution in [0.5, 0.6) is 5.75 Å². The molecule has 146 valence electrons. The van der Waals surface area contributed by atoms with Crippen LogP contribution in [0.3, 0.4) is 0 Å². The van der Waals surface area contributed by atoms with Gasteiger partial charge >= 0.3 is 0 Å². The molecule has 2 aromatic carbocycles. The molecule has 3 N–H and O–H groups in total. The molecule has 1 fully saturated rings. The van der Waals surface area contributed by atoms with Crippen molar-refractivity contribution >= 4 is 48.2 Å². The maximum absolute atomic E-state index is 11.9. The highest BCUT2D eigenvalue weighted by Crippen LogP contribution is 2.34. The van der Waals surface area contributed by atoms with E-state index in [1.54, 1.807) is 24.5 Å². The Morgan fingerprint density at radius 3 is 2.86 bits per heavy atom. The number of nitrogens with zero attached hydrogens (tertiary/aromatic N) is 2. The number of fused-ring (bicyclic) bond motifs is 1. The molecule has 0 bridgehead atoms. The SMILES string of the molecule is C=S(N)(=O)c1cccc(COc2cc3ncnc(NCC4CC4)c3cc2Br)c1. The van der Waals surface area contributed by atoms with Crippen molar-refractivity contribution in [1.29, 1.82) is 0 Å². The Bertz CT molecular complexity index is 1130. The van der Waals surface area contributed by atoms with Crippen molar-refractivity contribution in [3.05, 3.63) is 52.8 Å². The third kappa shape index (κ3) is 4.45. The van der Waals surface area contributed by atoms with Crippen molar-refractivity contribution in [2.24, 2.45) is 11.1 Å². The Morgan fingerprint density at radius 2 is 2.11 bits per heavy atom. The average molecular weight is 461 g/mol. The normalized spacial score (nSPS) is 15.9. The second kappa shape index (κ2) is 7.69. The number of aromatic nitrogens is 2. The lowest BCUT2D eigenvalue weighted by molar-refractivity contribution is 0.304. The minimum Gasteiger partial charge on any atom is -0.488 e. The number of nitrogens with two attached hydrogens (primary N) is 1. The quantitative estimate of drug-likeness (QED) is 0.524. The van der Waals surface area contributed by atoms with E-state index < -0.39 is 9.71 Å². The van der Waals surface area contributed by atoms with E-state index in [-0.39, 0.29) is 0 Å². The minimum atomic E-state index is -2.75. The van der Waals surface area contributed by atoms with E-state index in [0.717, 1.165) is 39.2 Å². The first kappa shape index (κ1) is 19.2. The molecule has 28 heavy (non-hydrogen) atoms. The molecule has 1 atom stereocenters. The van der Waals surface area contributed by atoms with E-state index in [4.69, 9.17) is 9.88 Å². The topological polar surface area (TPSA) is 90.1 Å². The van der Waals surface area contributed by atoms with Crippen molar-refractivity contribution in [1.82, 2.24) is 9.97 Å². The van der Waals surface area contributed by atoms with Crippen LogP contribution in [0.25, 0.3) is 10.9 Å². The molecule has 4 rings (SSSR count). The van der Waals surface area contributed by atoms with Gasteiger partial charge in [0, 0.05) is 22.9 Å². The molecule has 1 saturated carbocycles. The second-order valence-corrected chi connectivity index (χ2v) is 9.79. The van der Waals surface area contributed by atoms with Crippen LogP contribution in [0, 0.1) is 5.92 Å². The van der Waals surface area contributed by atoms with Crippen LogP contribution in [-0.2, 0) is 16.3 Å². The molecule has 3 aromatic rings. The number of rotatable bonds is 7. The van der Waals surface area contributed by atoms with Gasteiger partial charge in [-0.15, -0.1) is 0 Å². The number of hydrogen-bond donors (Lipinski definition) is 2. The van der Waals surface area contributed by atoms with E-state index in [2.05, 4.69) is 37.1 Å². The molecular formula is C20H21BrN4O2S. The Balaban J connectivity index is 1.55. The molecule has 8 heteroatoms. The highest BCUT2D eigenvalue weighted by Gasteiger charge is 2.21. The number of nitrogens with one attached hydrogen (secondary N) is 1. The number of benzene rings is 2. The summed E-state index contributed by atoms with van der Waals surface area (Å²) in [5, 5.41) is 9.99. The zero-order valence-corrected chi connectivity index (χ0v) is 17.6. The molecule has 0 aliphatic heterocycles. The standard InChI is InChI=1S/C20H21BrN4O2S/c1-28(22,26)15-4-2-3-14(7-15)11-27-19-9-18-16(8-17(19)21)20(25-12-24-18)23-10-13-5-6-13/h2-4,7-9,12-13H,1,5-6,10-11H2,(H2,22,26)(H,23,24,25). The molecule has 0 radical (unpaired) electrons. The first-order valence-corrected chi connectivity index (χ1v) is 11.5. The van der Waals surface area contributed by atoms with Gasteiger partial charge in [-0.05, 0) is 64.3 Å². The van der Waals surface area contributed by atoms with Crippen LogP contribution in [-0.4, -0.2) is 26.6 Å². The van der Waals surface area contributed by atoms with E-state index in [9.17, 15) is 4.21 Å². The van der Waals surface area contributed by atoms with Crippen LogP contribution in [0.1, 0.15) is 18.4 Å². The smallest absolute Gasteiger partial charge is 0.137 e. The van der Waals surface area contributed by atoms with Crippen molar-refractivity contribution in [2.75, 3.05) is 11.9 Å². The van der Waals surface area contributed by atoms with Gasteiger partial charge in [0.2, 0.25) is 0 Å². The molecule has 1 aromatic heterocycles. The predicted octanol–water partition coefficient (Wildman–Crippen LogP) is 3.74. The van der Waals surface area contributed by atoms with Crippen molar-refractivity contribution < 1.29 is 8.95 Å². The van der Waals surface area contributed by atoms with E-state index in [1.807, 2.05) is 18.2 Å². The molecular weight excluding hydrogens is 440 g/mol. The maximum atomic E-state index is 11.9. The van der Waals surface area contributed by atoms with E-state index >= 15 is 0 Å². The van der Waals surface area contributed by atoms with Gasteiger partial charge in [0.15, 0.2) is 0 Å². The van der Waals surface area contributed by atoms with Crippen LogP contribution >= 0.6 is 15.9 Å². The van der Waals surface area contributed by atoms with Crippen LogP contribution in [0.15, 0.2) is 52.1 Å². The summed E-state index contributed by atoms with van der Waals surface area (Å²) in [5.74, 6) is 5.79. The Kier molecular flexibility index (Phi) is 5.27. The molecule has 1 unspecified atom stereocenters. The summed E-state index contributed by atoms with van der Waals surface area (Å²) in [7, 11) is -2.75. The Hall–Kier alpha value is -2.16. The highest BCUT2D eigenvalue weighted by molar-refractivity contribution is 9.10. The molecule has 6 nitrogen and oxygen atoms in total. The fourth-order valence-corrected chi connectivity index (χ4v) is 4.00. The van der Waals surface area contributed by atoms with Gasteiger partial charge in [0.25, 0.3) is 0 Å². The fraction of sp³-hybridized carbons (Fsp3) is 0.250. The first-order valence-electron chi connectivity index (χ1n) is 8.95. The predicted molar refractivity (Wildman–Crippen MR) is 117 cm³/mol. The van der Waals surface area contributed by atoms with Gasteiger partial charge in [-0.3, -0.25) is 5.14 Å². The molecule has 1 aliphatic rings. The monoisotopic (exact) mass is 460 g/mol. The Labute approximate surface area is 172 Å². The maximum Gasteiger partial charge on any atom is 0.137 e. The summed E-state index contributed by atoms with van der Waals surface area (Å²) < 4.78 is 18.7. The van der Waals surface area contributed by atoms with E-state index in [0.29, 0.717) is 17.3 Å². The van der Waals surface area contributed by atoms with Crippen LogP contribution in [0.2, 0.25) is 0 Å². The molecule has 0 saturated heterocycles. The van der Waals surface area contributed by atoms with Gasteiger partial charge in [0.05, 0.1) is 19.7 Å². The van der Waals surface area contributed by atoms with Crippen LogP contribution < -0.4 is 15.2 Å². The van der Waals surface area contributed by atoms with Gasteiger partial charge < -0.3 is 10.1 Å². The van der Waals surface area contributed by atoms with Crippen molar-refractivity contribution in [3.8, 4) is 5.75 Å². The zero-order valence-electron chi connectivity index (χ0n) is 15.2. The lowest BCUT2D eigenvalue weighted by Gasteiger charge is -2.12. The summed E-state index contributed by atoms with van der Waals surface area (Å²) >= 11 is 3.58. The second-order valence-electron chi connectivity index (χ2n) is 7.01. The van der Waals surface area contributed by atoms with Gasteiger partial charge in [-0.25, -0.2) is 14.2 Å². The Morgan fingerprint density at radius 1 is 1.29 bits per heavy atom. The number of halogens is 1. The summed E-state index contributed by atoms with van der Waals surface area (Å²) in [4.78, 5) is 9.25. The molecule has 1 aliphatic carbocycles. The lowest BCUT2D eigenvalue weighted by Crippen LogP contribution is -2.12. The van der Waals surface area contributed by atoms with Gasteiger partial charge in [-0.2, -0.15) is 0 Å². The molecule has 0 amide bonds. The van der Waals surface area contributed by atoms with Crippen LogP contribution in [0.4, 0.5) is 5.82 Å². The lowest BCUT2D eigenvalue weighted by atomic mass is 10.2. The minimum absolute atomic E-state index is 0.311. The van der Waals surface area contributed by atoms with E-state index in [1.165, 1.54) is 12.8 Å². The third-order valence-electron chi connectivity index (χ3n) is 4.64. The fourth-order valence-electron chi connectivity index (χ4n) is 2.88. The number of anilines is 1. The summed E-state index contributed by atoms with van der Waals surface area (Å²) in [6.45, 7) is 1.25. The number of ether oxygens (including phenoxy) is 1. The molecule has 1 heterocycles. The first-order chi connectivity index (χ1) is 13.4. The average Bonchev–Trinajstić information content (AvgIpc) is 3.49. The molecule has 0 spiro atoms. The van der Waals surface area contributed by atoms with Gasteiger partial charge in [-0.1, -0.05) is 12.1 Å². The summed E-state index contributed by atoms with van der Waals surface area (Å²) in [5.41, 5.74) is 1.67. The summed E-state index contributed by atoms with van der Waals surface area (Å²) in [6.07, 6.45) is 4.13. The van der Waals surface area contributed by atoms with Crippen molar-refractivity contribution in [3.63, 3.8) is 0 Å². The van der Waals surface area contributed by atoms with Crippen molar-refractivity contribution in [2.45, 2.75) is 24.3 Å². The van der Waals surface area contributed by atoms with Gasteiger partial charge in [0.1, 0.15) is 24.5 Å². The largest absolute Gasteiger partial charge is 0.488 e. The zero-order chi connectivity index (χ0) is 19.7.